The Hall–Kier alpha value is -0.800. The highest BCUT2D eigenvalue weighted by Crippen LogP contribution is 2.21. The Morgan fingerprint density at radius 2 is 2.47 bits per heavy atom. The van der Waals surface area contributed by atoms with Crippen molar-refractivity contribution in [3.8, 4) is 0 Å². The fourth-order valence-electron chi connectivity index (χ4n) is 2.01. The fraction of sp³-hybridized carbons (Fsp3) is 0.667. The number of furan rings is 1. The van der Waals surface area contributed by atoms with Gasteiger partial charge in [-0.05, 0) is 38.3 Å². The number of hydrogen-bond donors (Lipinski definition) is 1. The summed E-state index contributed by atoms with van der Waals surface area (Å²) in [6.45, 7) is 6.18. The van der Waals surface area contributed by atoms with Gasteiger partial charge in [-0.3, -0.25) is 0 Å². The van der Waals surface area contributed by atoms with Gasteiger partial charge in [0.15, 0.2) is 0 Å². The summed E-state index contributed by atoms with van der Waals surface area (Å²) in [7, 11) is 0. The SMILES string of the molecule is CC(NCC1CCOC1C)c1ccco1. The van der Waals surface area contributed by atoms with Gasteiger partial charge in [0.2, 0.25) is 0 Å². The van der Waals surface area contributed by atoms with Crippen molar-refractivity contribution < 1.29 is 9.15 Å². The standard InChI is InChI=1S/C12H19NO2/c1-9(12-4-3-6-15-12)13-8-11-5-7-14-10(11)2/h3-4,6,9-11,13H,5,7-8H2,1-2H3. The van der Waals surface area contributed by atoms with E-state index in [1.165, 1.54) is 6.42 Å². The summed E-state index contributed by atoms with van der Waals surface area (Å²) in [4.78, 5) is 0. The summed E-state index contributed by atoms with van der Waals surface area (Å²) < 4.78 is 10.9. The van der Waals surface area contributed by atoms with Crippen LogP contribution in [0.4, 0.5) is 0 Å². The number of hydrogen-bond acceptors (Lipinski definition) is 3. The molecule has 0 radical (unpaired) electrons. The maximum atomic E-state index is 5.52. The number of ether oxygens (including phenoxy) is 1. The lowest BCUT2D eigenvalue weighted by atomic mass is 10.0. The van der Waals surface area contributed by atoms with Gasteiger partial charge in [-0.15, -0.1) is 0 Å². The monoisotopic (exact) mass is 209 g/mol. The van der Waals surface area contributed by atoms with Crippen LogP contribution in [-0.4, -0.2) is 19.3 Å². The zero-order valence-corrected chi connectivity index (χ0v) is 9.40. The Labute approximate surface area is 90.8 Å². The van der Waals surface area contributed by atoms with Crippen molar-refractivity contribution in [2.75, 3.05) is 13.2 Å². The quantitative estimate of drug-likeness (QED) is 0.826. The highest BCUT2D eigenvalue weighted by atomic mass is 16.5. The van der Waals surface area contributed by atoms with E-state index in [2.05, 4.69) is 19.2 Å². The molecule has 1 saturated heterocycles. The highest BCUT2D eigenvalue weighted by molar-refractivity contribution is 5.02. The normalized spacial score (nSPS) is 28.1. The first kappa shape index (κ1) is 10.7. The van der Waals surface area contributed by atoms with E-state index in [9.17, 15) is 0 Å². The van der Waals surface area contributed by atoms with Crippen molar-refractivity contribution in [3.63, 3.8) is 0 Å². The number of nitrogens with one attached hydrogen (secondary N) is 1. The first-order valence-corrected chi connectivity index (χ1v) is 5.65. The van der Waals surface area contributed by atoms with Crippen LogP contribution < -0.4 is 5.32 Å². The molecule has 0 amide bonds. The second-order valence-electron chi connectivity index (χ2n) is 4.27. The predicted octanol–water partition coefficient (Wildman–Crippen LogP) is 2.36. The average Bonchev–Trinajstić information content (AvgIpc) is 2.85. The minimum absolute atomic E-state index is 0.285. The molecule has 3 heteroatoms. The van der Waals surface area contributed by atoms with Gasteiger partial charge in [0, 0.05) is 13.2 Å². The van der Waals surface area contributed by atoms with E-state index in [0.717, 1.165) is 18.9 Å². The molecule has 1 fully saturated rings. The summed E-state index contributed by atoms with van der Waals surface area (Å²) in [5.74, 6) is 1.64. The molecular formula is C12H19NO2. The second-order valence-corrected chi connectivity index (χ2v) is 4.27. The highest BCUT2D eigenvalue weighted by Gasteiger charge is 2.24. The molecule has 2 rings (SSSR count). The van der Waals surface area contributed by atoms with Gasteiger partial charge < -0.3 is 14.5 Å². The van der Waals surface area contributed by atoms with Crippen molar-refractivity contribution in [2.45, 2.75) is 32.4 Å². The lowest BCUT2D eigenvalue weighted by Gasteiger charge is -2.17. The van der Waals surface area contributed by atoms with Crippen LogP contribution in [-0.2, 0) is 4.74 Å². The third kappa shape index (κ3) is 2.61. The molecule has 1 aliphatic rings. The smallest absolute Gasteiger partial charge is 0.120 e. The second kappa shape index (κ2) is 4.81. The summed E-state index contributed by atoms with van der Waals surface area (Å²) in [5, 5.41) is 3.48. The molecule has 2 heterocycles. The summed E-state index contributed by atoms with van der Waals surface area (Å²) in [6, 6.07) is 4.22. The lowest BCUT2D eigenvalue weighted by molar-refractivity contribution is 0.105. The van der Waals surface area contributed by atoms with Gasteiger partial charge in [0.1, 0.15) is 5.76 Å². The van der Waals surface area contributed by atoms with E-state index in [0.29, 0.717) is 12.0 Å². The van der Waals surface area contributed by atoms with E-state index < -0.39 is 0 Å². The maximum absolute atomic E-state index is 5.52. The molecule has 0 spiro atoms. The minimum Gasteiger partial charge on any atom is -0.468 e. The molecule has 1 aromatic rings. The molecule has 3 unspecified atom stereocenters. The van der Waals surface area contributed by atoms with Crippen LogP contribution >= 0.6 is 0 Å². The maximum Gasteiger partial charge on any atom is 0.120 e. The van der Waals surface area contributed by atoms with Crippen LogP contribution in [0, 0.1) is 5.92 Å². The molecule has 3 nitrogen and oxygen atoms in total. The molecule has 1 N–H and O–H groups in total. The van der Waals surface area contributed by atoms with E-state index in [4.69, 9.17) is 9.15 Å². The van der Waals surface area contributed by atoms with E-state index >= 15 is 0 Å². The molecule has 0 aromatic carbocycles. The molecular weight excluding hydrogens is 190 g/mol. The van der Waals surface area contributed by atoms with Gasteiger partial charge >= 0.3 is 0 Å². The van der Waals surface area contributed by atoms with Crippen LogP contribution in [0.1, 0.15) is 32.1 Å². The van der Waals surface area contributed by atoms with E-state index in [-0.39, 0.29) is 6.04 Å². The van der Waals surface area contributed by atoms with Crippen LogP contribution in [0.2, 0.25) is 0 Å². The lowest BCUT2D eigenvalue weighted by Crippen LogP contribution is -2.28. The zero-order valence-electron chi connectivity index (χ0n) is 9.40. The Kier molecular flexibility index (Phi) is 3.44. The Balaban J connectivity index is 1.78. The third-order valence-electron chi connectivity index (χ3n) is 3.19. The summed E-state index contributed by atoms with van der Waals surface area (Å²) in [6.07, 6.45) is 3.27. The largest absolute Gasteiger partial charge is 0.468 e. The average molecular weight is 209 g/mol. The first-order valence-electron chi connectivity index (χ1n) is 5.65. The van der Waals surface area contributed by atoms with Gasteiger partial charge in [-0.2, -0.15) is 0 Å². The van der Waals surface area contributed by atoms with Gasteiger partial charge in [-0.1, -0.05) is 0 Å². The molecule has 84 valence electrons. The molecule has 1 aromatic heterocycles. The molecule has 3 atom stereocenters. The van der Waals surface area contributed by atoms with Crippen molar-refractivity contribution >= 4 is 0 Å². The molecule has 15 heavy (non-hydrogen) atoms. The molecule has 1 aliphatic heterocycles. The van der Waals surface area contributed by atoms with Crippen molar-refractivity contribution in [2.24, 2.45) is 5.92 Å². The minimum atomic E-state index is 0.285. The van der Waals surface area contributed by atoms with Gasteiger partial charge in [0.25, 0.3) is 0 Å². The van der Waals surface area contributed by atoms with E-state index in [1.807, 2.05) is 12.1 Å². The van der Waals surface area contributed by atoms with Crippen LogP contribution in [0.25, 0.3) is 0 Å². The zero-order chi connectivity index (χ0) is 10.7. The Morgan fingerprint density at radius 3 is 3.07 bits per heavy atom. The van der Waals surface area contributed by atoms with Crippen LogP contribution in [0.5, 0.6) is 0 Å². The van der Waals surface area contributed by atoms with Crippen LogP contribution in [0.15, 0.2) is 22.8 Å². The summed E-state index contributed by atoms with van der Waals surface area (Å²) in [5.41, 5.74) is 0. The fourth-order valence-corrected chi connectivity index (χ4v) is 2.01. The molecule has 0 saturated carbocycles. The van der Waals surface area contributed by atoms with Gasteiger partial charge in [-0.25, -0.2) is 0 Å². The summed E-state index contributed by atoms with van der Waals surface area (Å²) >= 11 is 0. The van der Waals surface area contributed by atoms with Crippen molar-refractivity contribution in [1.82, 2.24) is 5.32 Å². The molecule has 0 aliphatic carbocycles. The number of rotatable bonds is 4. The first-order chi connectivity index (χ1) is 7.27. The Morgan fingerprint density at radius 1 is 1.60 bits per heavy atom. The van der Waals surface area contributed by atoms with Crippen molar-refractivity contribution in [3.05, 3.63) is 24.2 Å². The van der Waals surface area contributed by atoms with E-state index in [1.54, 1.807) is 6.26 Å². The van der Waals surface area contributed by atoms with Crippen molar-refractivity contribution in [1.29, 1.82) is 0 Å². The van der Waals surface area contributed by atoms with Crippen LogP contribution in [0.3, 0.4) is 0 Å². The Bertz CT molecular complexity index is 284. The van der Waals surface area contributed by atoms with Gasteiger partial charge in [0.05, 0.1) is 18.4 Å². The third-order valence-corrected chi connectivity index (χ3v) is 3.19. The topological polar surface area (TPSA) is 34.4 Å². The molecule has 0 bridgehead atoms. The predicted molar refractivity (Wildman–Crippen MR) is 58.6 cm³/mol.